The number of nitro groups is 1. The fourth-order valence-corrected chi connectivity index (χ4v) is 3.11. The van der Waals surface area contributed by atoms with Crippen LogP contribution < -0.4 is 10.2 Å². The van der Waals surface area contributed by atoms with Crippen molar-refractivity contribution in [1.29, 1.82) is 0 Å². The SMILES string of the molecule is CCOCCCNC(=O)c1ccc(N2CCCC(C)C2)c([N+](=O)[O-])c1. The lowest BCUT2D eigenvalue weighted by atomic mass is 9.99. The molecule has 7 nitrogen and oxygen atoms in total. The molecule has 1 aromatic rings. The van der Waals surface area contributed by atoms with Crippen molar-refractivity contribution in [3.05, 3.63) is 33.9 Å². The first kappa shape index (κ1) is 19.2. The van der Waals surface area contributed by atoms with Crippen LogP contribution in [0.1, 0.15) is 43.5 Å². The average Bonchev–Trinajstić information content (AvgIpc) is 2.60. The zero-order valence-corrected chi connectivity index (χ0v) is 15.0. The normalized spacial score (nSPS) is 17.4. The van der Waals surface area contributed by atoms with E-state index in [2.05, 4.69) is 17.1 Å². The first-order valence-corrected chi connectivity index (χ1v) is 8.92. The number of nitro benzene ring substituents is 1. The number of nitrogens with one attached hydrogen (secondary N) is 1. The van der Waals surface area contributed by atoms with Crippen LogP contribution >= 0.6 is 0 Å². The highest BCUT2D eigenvalue weighted by molar-refractivity contribution is 5.95. The summed E-state index contributed by atoms with van der Waals surface area (Å²) in [5.74, 6) is 0.222. The van der Waals surface area contributed by atoms with Crippen molar-refractivity contribution in [2.24, 2.45) is 5.92 Å². The molecular formula is C18H27N3O4. The Balaban J connectivity index is 2.07. The number of hydrogen-bond acceptors (Lipinski definition) is 5. The molecule has 1 aliphatic heterocycles. The predicted molar refractivity (Wildman–Crippen MR) is 97.2 cm³/mol. The fourth-order valence-electron chi connectivity index (χ4n) is 3.11. The lowest BCUT2D eigenvalue weighted by molar-refractivity contribution is -0.384. The molecule has 0 aromatic heterocycles. The van der Waals surface area contributed by atoms with Crippen molar-refractivity contribution in [3.8, 4) is 0 Å². The van der Waals surface area contributed by atoms with Gasteiger partial charge in [-0.2, -0.15) is 0 Å². The first-order valence-electron chi connectivity index (χ1n) is 8.92. The smallest absolute Gasteiger partial charge is 0.293 e. The van der Waals surface area contributed by atoms with Gasteiger partial charge in [0.1, 0.15) is 5.69 Å². The Morgan fingerprint density at radius 1 is 1.48 bits per heavy atom. The largest absolute Gasteiger partial charge is 0.382 e. The Hall–Kier alpha value is -2.15. The molecule has 25 heavy (non-hydrogen) atoms. The van der Waals surface area contributed by atoms with E-state index >= 15 is 0 Å². The highest BCUT2D eigenvalue weighted by Crippen LogP contribution is 2.32. The van der Waals surface area contributed by atoms with Gasteiger partial charge in [-0.3, -0.25) is 14.9 Å². The summed E-state index contributed by atoms with van der Waals surface area (Å²) in [4.78, 5) is 25.3. The number of anilines is 1. The van der Waals surface area contributed by atoms with Gasteiger partial charge in [-0.05, 0) is 44.2 Å². The summed E-state index contributed by atoms with van der Waals surface area (Å²) in [6.07, 6.45) is 2.89. The number of amides is 1. The standard InChI is InChI=1S/C18H27N3O4/c1-3-25-11-5-9-19-18(22)15-7-8-16(17(12-15)21(23)24)20-10-4-6-14(2)13-20/h7-8,12,14H,3-6,9-11,13H2,1-2H3,(H,19,22). The molecular weight excluding hydrogens is 322 g/mol. The Kier molecular flexibility index (Phi) is 7.18. The molecule has 1 fully saturated rings. The number of hydrogen-bond donors (Lipinski definition) is 1. The molecule has 1 heterocycles. The molecule has 0 radical (unpaired) electrons. The van der Waals surface area contributed by atoms with Gasteiger partial charge in [-0.1, -0.05) is 6.92 Å². The molecule has 1 amide bonds. The predicted octanol–water partition coefficient (Wildman–Crippen LogP) is 2.99. The summed E-state index contributed by atoms with van der Waals surface area (Å²) in [7, 11) is 0. The number of benzene rings is 1. The number of ether oxygens (including phenoxy) is 1. The molecule has 0 saturated carbocycles. The Labute approximate surface area is 148 Å². The van der Waals surface area contributed by atoms with Gasteiger partial charge in [-0.15, -0.1) is 0 Å². The van der Waals surface area contributed by atoms with E-state index in [0.717, 1.165) is 25.9 Å². The second-order valence-electron chi connectivity index (χ2n) is 6.46. The van der Waals surface area contributed by atoms with Crippen molar-refractivity contribution < 1.29 is 14.5 Å². The van der Waals surface area contributed by atoms with E-state index in [-0.39, 0.29) is 11.6 Å². The molecule has 7 heteroatoms. The Morgan fingerprint density at radius 2 is 2.28 bits per heavy atom. The summed E-state index contributed by atoms with van der Waals surface area (Å²) in [6, 6.07) is 4.75. The topological polar surface area (TPSA) is 84.7 Å². The zero-order valence-electron chi connectivity index (χ0n) is 15.0. The monoisotopic (exact) mass is 349 g/mol. The summed E-state index contributed by atoms with van der Waals surface area (Å²) in [5.41, 5.74) is 0.914. The molecule has 1 unspecified atom stereocenters. The van der Waals surface area contributed by atoms with Crippen molar-refractivity contribution in [1.82, 2.24) is 5.32 Å². The van der Waals surface area contributed by atoms with E-state index < -0.39 is 4.92 Å². The minimum atomic E-state index is -0.402. The van der Waals surface area contributed by atoms with E-state index in [0.29, 0.717) is 43.3 Å². The number of nitrogens with zero attached hydrogens (tertiary/aromatic N) is 2. The third kappa shape index (κ3) is 5.42. The van der Waals surface area contributed by atoms with Gasteiger partial charge in [-0.25, -0.2) is 0 Å². The van der Waals surface area contributed by atoms with Crippen LogP contribution in [-0.4, -0.2) is 43.7 Å². The molecule has 1 aromatic carbocycles. The molecule has 0 spiro atoms. The molecule has 1 N–H and O–H groups in total. The van der Waals surface area contributed by atoms with Crippen LogP contribution in [-0.2, 0) is 4.74 Å². The van der Waals surface area contributed by atoms with Gasteiger partial charge >= 0.3 is 0 Å². The molecule has 1 saturated heterocycles. The van der Waals surface area contributed by atoms with Crippen LogP contribution in [0.25, 0.3) is 0 Å². The summed E-state index contributed by atoms with van der Waals surface area (Å²) in [5, 5.41) is 14.3. The van der Waals surface area contributed by atoms with Gasteiger partial charge < -0.3 is 15.0 Å². The van der Waals surface area contributed by atoms with Crippen molar-refractivity contribution in [2.75, 3.05) is 37.7 Å². The van der Waals surface area contributed by atoms with Gasteiger partial charge in [0.2, 0.25) is 0 Å². The molecule has 2 rings (SSSR count). The molecule has 0 aliphatic carbocycles. The summed E-state index contributed by atoms with van der Waals surface area (Å²) < 4.78 is 5.22. The lowest BCUT2D eigenvalue weighted by Crippen LogP contribution is -2.34. The van der Waals surface area contributed by atoms with Crippen molar-refractivity contribution in [3.63, 3.8) is 0 Å². The minimum Gasteiger partial charge on any atom is -0.382 e. The van der Waals surface area contributed by atoms with Gasteiger partial charge in [0.25, 0.3) is 11.6 Å². The van der Waals surface area contributed by atoms with Crippen LogP contribution in [0.2, 0.25) is 0 Å². The Bertz CT molecular complexity index is 606. The van der Waals surface area contributed by atoms with E-state index in [4.69, 9.17) is 4.74 Å². The summed E-state index contributed by atoms with van der Waals surface area (Å²) >= 11 is 0. The van der Waals surface area contributed by atoms with Crippen molar-refractivity contribution >= 4 is 17.3 Å². The number of carbonyl (C=O) groups is 1. The average molecular weight is 349 g/mol. The minimum absolute atomic E-state index is 0.00364. The molecule has 138 valence electrons. The number of carbonyl (C=O) groups excluding carboxylic acids is 1. The van der Waals surface area contributed by atoms with Crippen LogP contribution in [0, 0.1) is 16.0 Å². The van der Waals surface area contributed by atoms with Gasteiger partial charge in [0.15, 0.2) is 0 Å². The van der Waals surface area contributed by atoms with E-state index in [1.165, 1.54) is 6.07 Å². The number of rotatable bonds is 8. The van der Waals surface area contributed by atoms with Crippen LogP contribution in [0.5, 0.6) is 0 Å². The summed E-state index contributed by atoms with van der Waals surface area (Å²) in [6.45, 7) is 7.42. The third-order valence-corrected chi connectivity index (χ3v) is 4.39. The second kappa shape index (κ2) is 9.36. The number of piperidine rings is 1. The van der Waals surface area contributed by atoms with Crippen LogP contribution in [0.4, 0.5) is 11.4 Å². The molecule has 0 bridgehead atoms. The lowest BCUT2D eigenvalue weighted by Gasteiger charge is -2.32. The van der Waals surface area contributed by atoms with Gasteiger partial charge in [0.05, 0.1) is 4.92 Å². The highest BCUT2D eigenvalue weighted by Gasteiger charge is 2.25. The first-order chi connectivity index (χ1) is 12.0. The second-order valence-corrected chi connectivity index (χ2v) is 6.46. The van der Waals surface area contributed by atoms with Crippen molar-refractivity contribution in [2.45, 2.75) is 33.1 Å². The van der Waals surface area contributed by atoms with E-state index in [9.17, 15) is 14.9 Å². The highest BCUT2D eigenvalue weighted by atomic mass is 16.6. The maximum absolute atomic E-state index is 12.2. The molecule has 1 atom stereocenters. The molecule has 1 aliphatic rings. The zero-order chi connectivity index (χ0) is 18.2. The van der Waals surface area contributed by atoms with Crippen LogP contribution in [0.3, 0.4) is 0 Å². The fraction of sp³-hybridized carbons (Fsp3) is 0.611. The maximum atomic E-state index is 12.2. The Morgan fingerprint density at radius 3 is 2.96 bits per heavy atom. The van der Waals surface area contributed by atoms with Crippen LogP contribution in [0.15, 0.2) is 18.2 Å². The van der Waals surface area contributed by atoms with Gasteiger partial charge in [0, 0.05) is 44.5 Å². The quantitative estimate of drug-likeness (QED) is 0.443. The maximum Gasteiger partial charge on any atom is 0.293 e. The van der Waals surface area contributed by atoms with E-state index in [1.807, 2.05) is 6.92 Å². The van der Waals surface area contributed by atoms with E-state index in [1.54, 1.807) is 12.1 Å². The third-order valence-electron chi connectivity index (χ3n) is 4.39.